The van der Waals surface area contributed by atoms with Crippen molar-refractivity contribution in [2.75, 3.05) is 39.9 Å². The number of nitrogens with one attached hydrogen (secondary N) is 1. The zero-order valence-electron chi connectivity index (χ0n) is 12.9. The zero-order valence-corrected chi connectivity index (χ0v) is 12.9. The van der Waals surface area contributed by atoms with Crippen molar-refractivity contribution < 1.29 is 4.74 Å². The van der Waals surface area contributed by atoms with E-state index < -0.39 is 0 Å². The molecule has 0 bridgehead atoms. The second-order valence-corrected chi connectivity index (χ2v) is 6.13. The van der Waals surface area contributed by atoms with Crippen LogP contribution in [0.25, 0.3) is 0 Å². The van der Waals surface area contributed by atoms with Crippen molar-refractivity contribution in [1.29, 1.82) is 0 Å². The van der Waals surface area contributed by atoms with E-state index >= 15 is 0 Å². The molecule has 3 N–H and O–H groups in total. The van der Waals surface area contributed by atoms with Crippen LogP contribution in [0.15, 0.2) is 4.99 Å². The fourth-order valence-corrected chi connectivity index (χ4v) is 2.45. The van der Waals surface area contributed by atoms with E-state index in [0.29, 0.717) is 19.1 Å². The number of likely N-dealkylation sites (tertiary alicyclic amines) is 1. The normalized spacial score (nSPS) is 22.5. The van der Waals surface area contributed by atoms with Crippen LogP contribution in [0.3, 0.4) is 0 Å². The predicted molar refractivity (Wildman–Crippen MR) is 80.4 cm³/mol. The van der Waals surface area contributed by atoms with Gasteiger partial charge in [-0.1, -0.05) is 6.92 Å². The predicted octanol–water partition coefficient (Wildman–Crippen LogP) is 1.05. The Kier molecular flexibility index (Phi) is 6.58. The van der Waals surface area contributed by atoms with Crippen molar-refractivity contribution in [2.45, 2.75) is 39.2 Å². The van der Waals surface area contributed by atoms with Gasteiger partial charge in [0.15, 0.2) is 5.96 Å². The summed E-state index contributed by atoms with van der Waals surface area (Å²) in [6.45, 7) is 11.2. The summed E-state index contributed by atoms with van der Waals surface area (Å²) in [7, 11) is 1.68. The third kappa shape index (κ3) is 5.78. The molecular weight excluding hydrogens is 240 g/mol. The minimum Gasteiger partial charge on any atom is -0.383 e. The molecule has 0 aromatic carbocycles. The SMILES string of the molecule is COCCNC(N)=NCC(C)(C)N1CCCC(C)C1. The molecule has 0 aromatic rings. The summed E-state index contributed by atoms with van der Waals surface area (Å²) in [5.41, 5.74) is 5.91. The second-order valence-electron chi connectivity index (χ2n) is 6.13. The summed E-state index contributed by atoms with van der Waals surface area (Å²) < 4.78 is 4.96. The Balaban J connectivity index is 2.42. The Hall–Kier alpha value is -0.810. The topological polar surface area (TPSA) is 62.9 Å². The first-order valence-electron chi connectivity index (χ1n) is 7.23. The number of aliphatic imine (C=N–C) groups is 1. The molecule has 5 heteroatoms. The van der Waals surface area contributed by atoms with E-state index in [0.717, 1.165) is 12.5 Å². The van der Waals surface area contributed by atoms with Crippen LogP contribution in [0, 0.1) is 5.92 Å². The zero-order chi connectivity index (χ0) is 14.3. The van der Waals surface area contributed by atoms with Crippen LogP contribution >= 0.6 is 0 Å². The van der Waals surface area contributed by atoms with Gasteiger partial charge in [-0.15, -0.1) is 0 Å². The summed E-state index contributed by atoms with van der Waals surface area (Å²) in [6, 6.07) is 0. The Morgan fingerprint density at radius 2 is 2.26 bits per heavy atom. The minimum absolute atomic E-state index is 0.0717. The number of rotatable bonds is 6. The highest BCUT2D eigenvalue weighted by molar-refractivity contribution is 5.77. The van der Waals surface area contributed by atoms with Crippen LogP contribution in [0.1, 0.15) is 33.6 Å². The maximum Gasteiger partial charge on any atom is 0.188 e. The molecule has 1 aliphatic rings. The summed E-state index contributed by atoms with van der Waals surface area (Å²) >= 11 is 0. The highest BCUT2D eigenvalue weighted by Gasteiger charge is 2.29. The monoisotopic (exact) mass is 270 g/mol. The van der Waals surface area contributed by atoms with Gasteiger partial charge in [-0.05, 0) is 39.2 Å². The average Bonchev–Trinajstić information content (AvgIpc) is 2.37. The van der Waals surface area contributed by atoms with E-state index in [-0.39, 0.29) is 5.54 Å². The number of ether oxygens (including phenoxy) is 1. The molecule has 0 spiro atoms. The third-order valence-electron chi connectivity index (χ3n) is 3.76. The number of piperidine rings is 1. The van der Waals surface area contributed by atoms with Gasteiger partial charge in [-0.2, -0.15) is 0 Å². The minimum atomic E-state index is 0.0717. The van der Waals surface area contributed by atoms with Gasteiger partial charge in [0.25, 0.3) is 0 Å². The van der Waals surface area contributed by atoms with E-state index in [2.05, 4.69) is 36.0 Å². The first-order valence-corrected chi connectivity index (χ1v) is 7.23. The van der Waals surface area contributed by atoms with Crippen LogP contribution in [0.5, 0.6) is 0 Å². The first-order chi connectivity index (χ1) is 8.95. The molecule has 0 aromatic heterocycles. The van der Waals surface area contributed by atoms with Crippen LogP contribution in [0.4, 0.5) is 0 Å². The van der Waals surface area contributed by atoms with E-state index in [9.17, 15) is 0 Å². The lowest BCUT2D eigenvalue weighted by Gasteiger charge is -2.42. The third-order valence-corrected chi connectivity index (χ3v) is 3.76. The van der Waals surface area contributed by atoms with Crippen molar-refractivity contribution >= 4 is 5.96 Å². The number of methoxy groups -OCH3 is 1. The summed E-state index contributed by atoms with van der Waals surface area (Å²) in [5, 5.41) is 3.05. The largest absolute Gasteiger partial charge is 0.383 e. The first kappa shape index (κ1) is 16.2. The molecule has 1 fully saturated rings. The number of nitrogens with zero attached hydrogens (tertiary/aromatic N) is 2. The van der Waals surface area contributed by atoms with Gasteiger partial charge < -0.3 is 15.8 Å². The molecule has 1 heterocycles. The lowest BCUT2D eigenvalue weighted by molar-refractivity contribution is 0.0775. The molecule has 0 saturated carbocycles. The molecule has 1 atom stereocenters. The van der Waals surface area contributed by atoms with Crippen LogP contribution in [-0.2, 0) is 4.74 Å². The lowest BCUT2D eigenvalue weighted by Crippen LogP contribution is -2.51. The molecule has 0 amide bonds. The molecule has 1 rings (SSSR count). The summed E-state index contributed by atoms with van der Waals surface area (Å²) in [4.78, 5) is 6.99. The Morgan fingerprint density at radius 1 is 1.53 bits per heavy atom. The standard InChI is InChI=1S/C14H30N4O/c1-12-6-5-8-18(10-12)14(2,3)11-17-13(15)16-7-9-19-4/h12H,5-11H2,1-4H3,(H3,15,16,17). The molecule has 0 aliphatic carbocycles. The Bertz CT molecular complexity index is 291. The van der Waals surface area contributed by atoms with Crippen LogP contribution < -0.4 is 11.1 Å². The van der Waals surface area contributed by atoms with E-state index in [1.165, 1.54) is 25.9 Å². The van der Waals surface area contributed by atoms with Crippen LogP contribution in [0.2, 0.25) is 0 Å². The summed E-state index contributed by atoms with van der Waals surface area (Å²) in [5.74, 6) is 1.30. The van der Waals surface area contributed by atoms with Gasteiger partial charge in [0.05, 0.1) is 13.2 Å². The second kappa shape index (κ2) is 7.70. The molecule has 1 unspecified atom stereocenters. The van der Waals surface area contributed by atoms with Gasteiger partial charge in [-0.25, -0.2) is 0 Å². The van der Waals surface area contributed by atoms with Gasteiger partial charge in [0.2, 0.25) is 0 Å². The van der Waals surface area contributed by atoms with Crippen molar-refractivity contribution in [1.82, 2.24) is 10.2 Å². The van der Waals surface area contributed by atoms with Gasteiger partial charge in [0, 0.05) is 25.7 Å². The molecule has 19 heavy (non-hydrogen) atoms. The summed E-state index contributed by atoms with van der Waals surface area (Å²) in [6.07, 6.45) is 2.63. The maximum atomic E-state index is 5.84. The van der Waals surface area contributed by atoms with Gasteiger partial charge in [-0.3, -0.25) is 9.89 Å². The van der Waals surface area contributed by atoms with E-state index in [4.69, 9.17) is 10.5 Å². The smallest absolute Gasteiger partial charge is 0.188 e. The Labute approximate surface area is 117 Å². The fraction of sp³-hybridized carbons (Fsp3) is 0.929. The number of hydrogen-bond acceptors (Lipinski definition) is 3. The highest BCUT2D eigenvalue weighted by atomic mass is 16.5. The quantitative estimate of drug-likeness (QED) is 0.430. The highest BCUT2D eigenvalue weighted by Crippen LogP contribution is 2.23. The van der Waals surface area contributed by atoms with Crippen molar-refractivity contribution in [3.8, 4) is 0 Å². The van der Waals surface area contributed by atoms with Gasteiger partial charge in [0.1, 0.15) is 0 Å². The van der Waals surface area contributed by atoms with Crippen LogP contribution in [-0.4, -0.2) is 56.3 Å². The Morgan fingerprint density at radius 3 is 2.89 bits per heavy atom. The number of guanidine groups is 1. The molecule has 5 nitrogen and oxygen atoms in total. The molecular formula is C14H30N4O. The molecule has 1 saturated heterocycles. The van der Waals surface area contributed by atoms with Crippen molar-refractivity contribution in [2.24, 2.45) is 16.6 Å². The number of nitrogens with two attached hydrogens (primary N) is 1. The fourth-order valence-electron chi connectivity index (χ4n) is 2.45. The molecule has 112 valence electrons. The van der Waals surface area contributed by atoms with Crippen molar-refractivity contribution in [3.63, 3.8) is 0 Å². The van der Waals surface area contributed by atoms with E-state index in [1.54, 1.807) is 7.11 Å². The van der Waals surface area contributed by atoms with Gasteiger partial charge >= 0.3 is 0 Å². The van der Waals surface area contributed by atoms with E-state index in [1.807, 2.05) is 0 Å². The van der Waals surface area contributed by atoms with Crippen molar-refractivity contribution in [3.05, 3.63) is 0 Å². The maximum absolute atomic E-state index is 5.84. The lowest BCUT2D eigenvalue weighted by atomic mass is 9.94. The number of hydrogen-bond donors (Lipinski definition) is 2. The average molecular weight is 270 g/mol. The molecule has 1 aliphatic heterocycles. The molecule has 0 radical (unpaired) electrons.